The fourth-order valence-corrected chi connectivity index (χ4v) is 5.97. The number of para-hydroxylation sites is 1. The van der Waals surface area contributed by atoms with Gasteiger partial charge in [0.2, 0.25) is 11.8 Å². The lowest BCUT2D eigenvalue weighted by molar-refractivity contribution is -0.129. The molecule has 2 aliphatic heterocycles. The number of hydrogen-bond acceptors (Lipinski definition) is 4. The van der Waals surface area contributed by atoms with Gasteiger partial charge in [-0.05, 0) is 48.6 Å². The van der Waals surface area contributed by atoms with E-state index in [2.05, 4.69) is 29.5 Å². The van der Waals surface area contributed by atoms with Crippen LogP contribution in [0.4, 0.5) is 0 Å². The zero-order chi connectivity index (χ0) is 23.5. The molecule has 174 valence electrons. The van der Waals surface area contributed by atoms with Gasteiger partial charge in [-0.3, -0.25) is 14.4 Å². The van der Waals surface area contributed by atoms with Crippen LogP contribution in [-0.4, -0.2) is 59.1 Å². The summed E-state index contributed by atoms with van der Waals surface area (Å²) in [5.41, 5.74) is 2.40. The third-order valence-corrected chi connectivity index (χ3v) is 8.03. The number of aldehydes is 1. The number of piperidine rings is 1. The molecule has 1 aromatic heterocycles. The van der Waals surface area contributed by atoms with Crippen molar-refractivity contribution in [2.45, 2.75) is 45.7 Å². The smallest absolute Gasteiger partial charge is 0.271 e. The van der Waals surface area contributed by atoms with E-state index in [-0.39, 0.29) is 47.3 Å². The fourth-order valence-electron chi connectivity index (χ4n) is 5.97. The second kappa shape index (κ2) is 7.71. The molecule has 3 aliphatic rings. The van der Waals surface area contributed by atoms with Crippen LogP contribution in [0.3, 0.4) is 0 Å². The molecule has 0 radical (unpaired) electrons. The van der Waals surface area contributed by atoms with Gasteiger partial charge in [0.05, 0.1) is 6.04 Å². The zero-order valence-corrected chi connectivity index (χ0v) is 19.2. The van der Waals surface area contributed by atoms with Crippen LogP contribution in [-0.2, 0) is 14.4 Å². The van der Waals surface area contributed by atoms with E-state index in [4.69, 9.17) is 0 Å². The first-order chi connectivity index (χ1) is 15.7. The average Bonchev–Trinajstić information content (AvgIpc) is 3.30. The molecule has 8 nitrogen and oxygen atoms in total. The van der Waals surface area contributed by atoms with Gasteiger partial charge in [0.15, 0.2) is 0 Å². The van der Waals surface area contributed by atoms with Crippen molar-refractivity contribution in [1.82, 2.24) is 20.5 Å². The third kappa shape index (κ3) is 3.52. The van der Waals surface area contributed by atoms with Crippen molar-refractivity contribution in [2.24, 2.45) is 23.2 Å². The highest BCUT2D eigenvalue weighted by atomic mass is 16.2. The number of amides is 3. The van der Waals surface area contributed by atoms with E-state index < -0.39 is 12.1 Å². The Morgan fingerprint density at radius 3 is 2.79 bits per heavy atom. The van der Waals surface area contributed by atoms with Crippen molar-refractivity contribution in [1.29, 1.82) is 0 Å². The molecular formula is C25H30N4O4. The Hall–Kier alpha value is -3.16. The number of rotatable bonds is 6. The van der Waals surface area contributed by atoms with E-state index in [1.807, 2.05) is 31.2 Å². The highest BCUT2D eigenvalue weighted by Crippen LogP contribution is 2.65. The van der Waals surface area contributed by atoms with Crippen LogP contribution in [0.25, 0.3) is 10.9 Å². The third-order valence-electron chi connectivity index (χ3n) is 8.03. The summed E-state index contributed by atoms with van der Waals surface area (Å²) < 4.78 is 0. The summed E-state index contributed by atoms with van der Waals surface area (Å²) in [5, 5.41) is 6.55. The summed E-state index contributed by atoms with van der Waals surface area (Å²) in [6.07, 6.45) is 1.63. The minimum Gasteiger partial charge on any atom is -0.356 e. The maximum absolute atomic E-state index is 13.5. The molecule has 0 bridgehead atoms. The second-order valence-corrected chi connectivity index (χ2v) is 10.3. The van der Waals surface area contributed by atoms with E-state index in [1.54, 1.807) is 4.90 Å². The van der Waals surface area contributed by atoms with Crippen molar-refractivity contribution in [3.05, 3.63) is 35.5 Å². The Morgan fingerprint density at radius 1 is 1.33 bits per heavy atom. The number of nitrogens with zero attached hydrogens (tertiary/aromatic N) is 1. The largest absolute Gasteiger partial charge is 0.356 e. The van der Waals surface area contributed by atoms with Crippen LogP contribution >= 0.6 is 0 Å². The number of likely N-dealkylation sites (tertiary alicyclic amines) is 1. The quantitative estimate of drug-likeness (QED) is 0.583. The molecular weight excluding hydrogens is 420 g/mol. The molecule has 2 aromatic rings. The van der Waals surface area contributed by atoms with E-state index in [0.29, 0.717) is 31.5 Å². The number of fused-ring (bicyclic) bond motifs is 2. The molecule has 8 heteroatoms. The number of aryl methyl sites for hydroxylation is 1. The zero-order valence-electron chi connectivity index (χ0n) is 19.2. The Labute approximate surface area is 192 Å². The summed E-state index contributed by atoms with van der Waals surface area (Å²) in [5.74, 6) is -0.572. The first-order valence-corrected chi connectivity index (χ1v) is 11.6. The van der Waals surface area contributed by atoms with E-state index >= 15 is 0 Å². The van der Waals surface area contributed by atoms with Gasteiger partial charge in [0.1, 0.15) is 18.0 Å². The maximum atomic E-state index is 13.5. The van der Waals surface area contributed by atoms with Gasteiger partial charge in [0, 0.05) is 29.9 Å². The minimum absolute atomic E-state index is 0.0299. The van der Waals surface area contributed by atoms with Crippen LogP contribution < -0.4 is 10.6 Å². The standard InChI is InChI=1S/C25H30N4O4/c1-13-5-4-6-14-10-18(28-20(13)14)24(33)29-11-17-19(25(17,2)3)21(29)23(32)27-16(12-30)9-15-7-8-26-22(15)31/h4-6,10,12,15-17,19,21,28H,7-9,11H2,1-3H3,(H,26,31)(H,27,32)/t15-,16-,17-,19-,21-/m0/s1. The summed E-state index contributed by atoms with van der Waals surface area (Å²) in [6, 6.07) is 6.35. The highest BCUT2D eigenvalue weighted by molar-refractivity contribution is 6.01. The second-order valence-electron chi connectivity index (χ2n) is 10.3. The molecule has 3 N–H and O–H groups in total. The lowest BCUT2D eigenvalue weighted by atomic mass is 9.97. The SMILES string of the molecule is Cc1cccc2cc(C(=O)N3C[C@H]4[C@@H]([C@H]3C(=O)N[C@H](C=O)C[C@@H]3CCNC3=O)C4(C)C)[nH]c12. The van der Waals surface area contributed by atoms with Crippen LogP contribution in [0.2, 0.25) is 0 Å². The molecule has 33 heavy (non-hydrogen) atoms. The van der Waals surface area contributed by atoms with Crippen LogP contribution in [0.5, 0.6) is 0 Å². The Bertz CT molecular complexity index is 1150. The summed E-state index contributed by atoms with van der Waals surface area (Å²) in [6.45, 7) is 7.34. The van der Waals surface area contributed by atoms with E-state index in [9.17, 15) is 19.2 Å². The van der Waals surface area contributed by atoms with Crippen LogP contribution in [0, 0.1) is 30.1 Å². The molecule has 1 saturated carbocycles. The van der Waals surface area contributed by atoms with Gasteiger partial charge in [-0.15, -0.1) is 0 Å². The number of benzene rings is 1. The number of H-pyrrole nitrogens is 1. The van der Waals surface area contributed by atoms with Crippen molar-refractivity contribution in [2.75, 3.05) is 13.1 Å². The molecule has 2 saturated heterocycles. The van der Waals surface area contributed by atoms with Gasteiger partial charge in [-0.25, -0.2) is 0 Å². The number of nitrogens with one attached hydrogen (secondary N) is 3. The Morgan fingerprint density at radius 2 is 2.12 bits per heavy atom. The number of carbonyl (C=O) groups is 4. The van der Waals surface area contributed by atoms with Gasteiger partial charge in [-0.2, -0.15) is 0 Å². The Kier molecular flexibility index (Phi) is 5.06. The maximum Gasteiger partial charge on any atom is 0.271 e. The first kappa shape index (κ1) is 21.7. The Balaban J connectivity index is 1.37. The van der Waals surface area contributed by atoms with Crippen molar-refractivity contribution >= 4 is 34.9 Å². The molecule has 1 aromatic carbocycles. The number of carbonyl (C=O) groups excluding carboxylic acids is 4. The van der Waals surface area contributed by atoms with Gasteiger partial charge >= 0.3 is 0 Å². The fraction of sp³-hybridized carbons (Fsp3) is 0.520. The van der Waals surface area contributed by atoms with Gasteiger partial charge in [-0.1, -0.05) is 32.0 Å². The average molecular weight is 451 g/mol. The monoisotopic (exact) mass is 450 g/mol. The summed E-state index contributed by atoms with van der Waals surface area (Å²) in [4.78, 5) is 55.4. The number of aromatic nitrogens is 1. The molecule has 3 fully saturated rings. The predicted molar refractivity (Wildman–Crippen MR) is 122 cm³/mol. The molecule has 5 rings (SSSR count). The molecule has 1 aliphatic carbocycles. The minimum atomic E-state index is -0.750. The summed E-state index contributed by atoms with van der Waals surface area (Å²) >= 11 is 0. The van der Waals surface area contributed by atoms with Gasteiger partial charge in [0.25, 0.3) is 5.91 Å². The molecule has 0 spiro atoms. The normalized spacial score (nSPS) is 28.3. The lowest BCUT2D eigenvalue weighted by Gasteiger charge is -2.30. The number of hydrogen-bond donors (Lipinski definition) is 3. The van der Waals surface area contributed by atoms with Crippen molar-refractivity contribution in [3.8, 4) is 0 Å². The first-order valence-electron chi connectivity index (χ1n) is 11.6. The van der Waals surface area contributed by atoms with Crippen LogP contribution in [0.1, 0.15) is 42.7 Å². The molecule has 3 amide bonds. The topological polar surface area (TPSA) is 111 Å². The molecule has 5 atom stereocenters. The number of aromatic amines is 1. The summed E-state index contributed by atoms with van der Waals surface area (Å²) in [7, 11) is 0. The van der Waals surface area contributed by atoms with Crippen molar-refractivity contribution < 1.29 is 19.2 Å². The molecule has 3 heterocycles. The van der Waals surface area contributed by atoms with Gasteiger partial charge < -0.3 is 25.3 Å². The lowest BCUT2D eigenvalue weighted by Crippen LogP contribution is -2.52. The van der Waals surface area contributed by atoms with E-state index in [0.717, 1.165) is 16.5 Å². The highest BCUT2D eigenvalue weighted by Gasteiger charge is 2.69. The van der Waals surface area contributed by atoms with Crippen LogP contribution in [0.15, 0.2) is 24.3 Å². The van der Waals surface area contributed by atoms with E-state index in [1.165, 1.54) is 0 Å². The predicted octanol–water partition coefficient (Wildman–Crippen LogP) is 1.78. The molecule has 0 unspecified atom stereocenters. The van der Waals surface area contributed by atoms with Crippen molar-refractivity contribution in [3.63, 3.8) is 0 Å².